The zero-order chi connectivity index (χ0) is 10.7. The summed E-state index contributed by atoms with van der Waals surface area (Å²) in [5.41, 5.74) is 8.07. The average molecular weight is 195 g/mol. The Labute approximate surface area is 86.3 Å². The van der Waals surface area contributed by atoms with Crippen LogP contribution in [-0.4, -0.2) is 9.78 Å². The van der Waals surface area contributed by atoms with Gasteiger partial charge in [0.15, 0.2) is 0 Å². The van der Waals surface area contributed by atoms with Crippen LogP contribution in [0.5, 0.6) is 0 Å². The molecule has 0 saturated heterocycles. The lowest BCUT2D eigenvalue weighted by atomic mass is 10.1. The highest BCUT2D eigenvalue weighted by Crippen LogP contribution is 2.13. The van der Waals surface area contributed by atoms with E-state index < -0.39 is 0 Å². The van der Waals surface area contributed by atoms with E-state index >= 15 is 0 Å². The van der Waals surface area contributed by atoms with Gasteiger partial charge >= 0.3 is 0 Å². The van der Waals surface area contributed by atoms with Crippen LogP contribution >= 0.6 is 0 Å². The van der Waals surface area contributed by atoms with Gasteiger partial charge in [0.25, 0.3) is 0 Å². The number of hydrogen-bond acceptors (Lipinski definition) is 2. The summed E-state index contributed by atoms with van der Waals surface area (Å²) < 4.78 is 2.04. The Kier molecular flexibility index (Phi) is 3.69. The third-order valence-electron chi connectivity index (χ3n) is 2.32. The molecule has 3 nitrogen and oxygen atoms in total. The predicted molar refractivity (Wildman–Crippen MR) is 59.0 cm³/mol. The Balaban J connectivity index is 2.74. The van der Waals surface area contributed by atoms with E-state index in [2.05, 4.69) is 25.0 Å². The Morgan fingerprint density at radius 1 is 1.43 bits per heavy atom. The Morgan fingerprint density at radius 3 is 2.57 bits per heavy atom. The van der Waals surface area contributed by atoms with E-state index in [-0.39, 0.29) is 6.04 Å². The van der Waals surface area contributed by atoms with Crippen LogP contribution < -0.4 is 5.73 Å². The molecule has 14 heavy (non-hydrogen) atoms. The largest absolute Gasteiger partial charge is 0.323 e. The van der Waals surface area contributed by atoms with Crippen molar-refractivity contribution >= 4 is 0 Å². The minimum absolute atomic E-state index is 0.0726. The topological polar surface area (TPSA) is 43.8 Å². The Hall–Kier alpha value is -0.830. The van der Waals surface area contributed by atoms with Crippen LogP contribution in [0, 0.1) is 12.8 Å². The van der Waals surface area contributed by atoms with Crippen molar-refractivity contribution in [3.63, 3.8) is 0 Å². The monoisotopic (exact) mass is 195 g/mol. The highest BCUT2D eigenvalue weighted by molar-refractivity contribution is 5.11. The molecular formula is C11H21N3. The van der Waals surface area contributed by atoms with Gasteiger partial charge in [-0.15, -0.1) is 0 Å². The lowest BCUT2D eigenvalue weighted by molar-refractivity contribution is 0.466. The second-order valence-corrected chi connectivity index (χ2v) is 4.40. The molecule has 0 unspecified atom stereocenters. The summed E-state index contributed by atoms with van der Waals surface area (Å²) in [5, 5.41) is 4.44. The first-order valence-electron chi connectivity index (χ1n) is 5.30. The molecule has 1 aromatic heterocycles. The summed E-state index contributed by atoms with van der Waals surface area (Å²) in [6, 6.07) is 2.15. The Morgan fingerprint density at radius 2 is 2.07 bits per heavy atom. The summed E-state index contributed by atoms with van der Waals surface area (Å²) in [7, 11) is 0. The molecular weight excluding hydrogens is 174 g/mol. The number of rotatable bonds is 4. The molecule has 0 saturated carbocycles. The van der Waals surface area contributed by atoms with Crippen molar-refractivity contribution in [2.75, 3.05) is 0 Å². The summed E-state index contributed by atoms with van der Waals surface area (Å²) in [6.07, 6.45) is 1.15. The molecule has 3 heteroatoms. The highest BCUT2D eigenvalue weighted by Gasteiger charge is 2.09. The minimum Gasteiger partial charge on any atom is -0.323 e. The third-order valence-corrected chi connectivity index (χ3v) is 2.32. The molecule has 1 aromatic rings. The smallest absolute Gasteiger partial charge is 0.0597 e. The molecule has 1 atom stereocenters. The van der Waals surface area contributed by atoms with E-state index in [1.165, 1.54) is 0 Å². The van der Waals surface area contributed by atoms with Crippen LogP contribution in [0.15, 0.2) is 6.07 Å². The highest BCUT2D eigenvalue weighted by atomic mass is 15.3. The normalized spacial score (nSPS) is 13.6. The zero-order valence-corrected chi connectivity index (χ0v) is 9.62. The van der Waals surface area contributed by atoms with Crippen LogP contribution in [0.25, 0.3) is 0 Å². The summed E-state index contributed by atoms with van der Waals surface area (Å²) in [6.45, 7) is 9.44. The molecule has 0 amide bonds. The molecule has 0 bridgehead atoms. The first-order chi connectivity index (χ1) is 6.50. The molecule has 0 radical (unpaired) electrons. The van der Waals surface area contributed by atoms with E-state index in [9.17, 15) is 0 Å². The van der Waals surface area contributed by atoms with Gasteiger partial charge in [-0.1, -0.05) is 13.8 Å². The molecule has 0 aromatic carbocycles. The van der Waals surface area contributed by atoms with Crippen molar-refractivity contribution in [2.45, 2.75) is 46.7 Å². The molecule has 1 rings (SSSR count). The van der Waals surface area contributed by atoms with Gasteiger partial charge in [0.1, 0.15) is 0 Å². The van der Waals surface area contributed by atoms with Crippen molar-refractivity contribution in [1.29, 1.82) is 0 Å². The predicted octanol–water partition coefficient (Wildman–Crippen LogP) is 2.26. The van der Waals surface area contributed by atoms with Crippen LogP contribution in [0.4, 0.5) is 0 Å². The second-order valence-electron chi connectivity index (χ2n) is 4.40. The van der Waals surface area contributed by atoms with Crippen LogP contribution in [0.2, 0.25) is 0 Å². The number of aryl methyl sites for hydroxylation is 2. The molecule has 0 fully saturated rings. The SMILES string of the molecule is Cc1cc([C@H](C)N)n(CCC(C)C)n1. The summed E-state index contributed by atoms with van der Waals surface area (Å²) in [4.78, 5) is 0. The maximum atomic E-state index is 5.87. The van der Waals surface area contributed by atoms with Crippen molar-refractivity contribution in [3.05, 3.63) is 17.5 Å². The summed E-state index contributed by atoms with van der Waals surface area (Å²) in [5.74, 6) is 0.709. The van der Waals surface area contributed by atoms with Crippen LogP contribution in [-0.2, 0) is 6.54 Å². The van der Waals surface area contributed by atoms with Crippen molar-refractivity contribution in [3.8, 4) is 0 Å². The third kappa shape index (κ3) is 2.84. The number of nitrogens with zero attached hydrogens (tertiary/aromatic N) is 2. The van der Waals surface area contributed by atoms with Crippen molar-refractivity contribution in [1.82, 2.24) is 9.78 Å². The second kappa shape index (κ2) is 4.60. The van der Waals surface area contributed by atoms with Gasteiger partial charge < -0.3 is 5.73 Å². The number of hydrogen-bond donors (Lipinski definition) is 1. The fourth-order valence-corrected chi connectivity index (χ4v) is 1.49. The molecule has 0 spiro atoms. The lowest BCUT2D eigenvalue weighted by Gasteiger charge is -2.11. The van der Waals surface area contributed by atoms with Crippen LogP contribution in [0.3, 0.4) is 0 Å². The molecule has 1 heterocycles. The van der Waals surface area contributed by atoms with E-state index in [1.807, 2.05) is 18.5 Å². The Bertz CT molecular complexity index is 287. The van der Waals surface area contributed by atoms with E-state index in [0.29, 0.717) is 5.92 Å². The summed E-state index contributed by atoms with van der Waals surface area (Å²) >= 11 is 0. The molecule has 2 N–H and O–H groups in total. The van der Waals surface area contributed by atoms with Gasteiger partial charge in [0, 0.05) is 12.6 Å². The van der Waals surface area contributed by atoms with Gasteiger partial charge in [-0.3, -0.25) is 4.68 Å². The fourth-order valence-electron chi connectivity index (χ4n) is 1.49. The first-order valence-corrected chi connectivity index (χ1v) is 5.30. The van der Waals surface area contributed by atoms with Crippen molar-refractivity contribution < 1.29 is 0 Å². The molecule has 0 aliphatic heterocycles. The molecule has 0 aliphatic rings. The zero-order valence-electron chi connectivity index (χ0n) is 9.62. The maximum absolute atomic E-state index is 5.87. The fraction of sp³-hybridized carbons (Fsp3) is 0.727. The average Bonchev–Trinajstić information content (AvgIpc) is 2.43. The van der Waals surface area contributed by atoms with E-state index in [4.69, 9.17) is 5.73 Å². The number of nitrogens with two attached hydrogens (primary N) is 1. The van der Waals surface area contributed by atoms with E-state index in [1.54, 1.807) is 0 Å². The van der Waals surface area contributed by atoms with Gasteiger partial charge in [0.2, 0.25) is 0 Å². The minimum atomic E-state index is 0.0726. The van der Waals surface area contributed by atoms with Crippen molar-refractivity contribution in [2.24, 2.45) is 11.7 Å². The molecule has 80 valence electrons. The van der Waals surface area contributed by atoms with E-state index in [0.717, 1.165) is 24.4 Å². The quantitative estimate of drug-likeness (QED) is 0.801. The number of aromatic nitrogens is 2. The maximum Gasteiger partial charge on any atom is 0.0597 e. The van der Waals surface area contributed by atoms with Crippen LogP contribution in [0.1, 0.15) is 44.6 Å². The van der Waals surface area contributed by atoms with Gasteiger partial charge in [0.05, 0.1) is 11.4 Å². The molecule has 0 aliphatic carbocycles. The standard InChI is InChI=1S/C11H21N3/c1-8(2)5-6-14-11(10(4)12)7-9(3)13-14/h7-8,10H,5-6,12H2,1-4H3/t10-/m0/s1. The van der Waals surface area contributed by atoms with Gasteiger partial charge in [-0.2, -0.15) is 5.10 Å². The van der Waals surface area contributed by atoms with Gasteiger partial charge in [-0.05, 0) is 32.3 Å². The van der Waals surface area contributed by atoms with Gasteiger partial charge in [-0.25, -0.2) is 0 Å². The first kappa shape index (κ1) is 11.2. The lowest BCUT2D eigenvalue weighted by Crippen LogP contribution is -2.14.